The Morgan fingerprint density at radius 2 is 1.71 bits per heavy atom. The summed E-state index contributed by atoms with van der Waals surface area (Å²) in [6.45, 7) is 3.85. The van der Waals surface area contributed by atoms with Crippen molar-refractivity contribution in [1.29, 1.82) is 0 Å². The van der Waals surface area contributed by atoms with Crippen molar-refractivity contribution in [2.45, 2.75) is 32.6 Å². The number of carbonyl (C=O) groups is 1. The van der Waals surface area contributed by atoms with Gasteiger partial charge in [0.05, 0.1) is 0 Å². The SMILES string of the molecule is Cc1cc(C(=O)N(C)c2ccccc2)nc(N2CCCCCC2)n1. The van der Waals surface area contributed by atoms with Gasteiger partial charge in [0, 0.05) is 31.5 Å². The van der Waals surface area contributed by atoms with Crippen molar-refractivity contribution in [3.8, 4) is 0 Å². The van der Waals surface area contributed by atoms with Gasteiger partial charge in [-0.3, -0.25) is 4.79 Å². The van der Waals surface area contributed by atoms with Gasteiger partial charge in [0.15, 0.2) is 0 Å². The predicted octanol–water partition coefficient (Wildman–Crippen LogP) is 3.44. The molecule has 1 aromatic carbocycles. The van der Waals surface area contributed by atoms with E-state index in [4.69, 9.17) is 0 Å². The molecule has 5 nitrogen and oxygen atoms in total. The van der Waals surface area contributed by atoms with E-state index in [2.05, 4.69) is 14.9 Å². The van der Waals surface area contributed by atoms with Crippen molar-refractivity contribution in [2.24, 2.45) is 0 Å². The molecular weight excluding hydrogens is 300 g/mol. The van der Waals surface area contributed by atoms with Crippen LogP contribution in [0.3, 0.4) is 0 Å². The Balaban J connectivity index is 1.86. The van der Waals surface area contributed by atoms with Crippen LogP contribution in [0.2, 0.25) is 0 Å². The number of hydrogen-bond donors (Lipinski definition) is 0. The Hall–Kier alpha value is -2.43. The van der Waals surface area contributed by atoms with Crippen LogP contribution in [-0.4, -0.2) is 36.0 Å². The maximum atomic E-state index is 12.8. The van der Waals surface area contributed by atoms with Crippen molar-refractivity contribution in [1.82, 2.24) is 9.97 Å². The number of rotatable bonds is 3. The molecule has 1 saturated heterocycles. The van der Waals surface area contributed by atoms with Crippen LogP contribution >= 0.6 is 0 Å². The van der Waals surface area contributed by atoms with Gasteiger partial charge in [-0.1, -0.05) is 31.0 Å². The maximum Gasteiger partial charge on any atom is 0.276 e. The van der Waals surface area contributed by atoms with Crippen molar-refractivity contribution in [2.75, 3.05) is 29.9 Å². The molecule has 0 saturated carbocycles. The van der Waals surface area contributed by atoms with E-state index in [1.807, 2.05) is 37.3 Å². The fourth-order valence-corrected chi connectivity index (χ4v) is 3.02. The Kier molecular flexibility index (Phi) is 5.08. The van der Waals surface area contributed by atoms with Crippen LogP contribution in [0, 0.1) is 6.92 Å². The smallest absolute Gasteiger partial charge is 0.276 e. The Morgan fingerprint density at radius 1 is 1.04 bits per heavy atom. The number of aryl methyl sites for hydroxylation is 1. The van der Waals surface area contributed by atoms with Gasteiger partial charge in [-0.05, 0) is 38.0 Å². The zero-order valence-corrected chi connectivity index (χ0v) is 14.4. The number of hydrogen-bond acceptors (Lipinski definition) is 4. The minimum absolute atomic E-state index is 0.109. The highest BCUT2D eigenvalue weighted by Crippen LogP contribution is 2.19. The summed E-state index contributed by atoms with van der Waals surface area (Å²) < 4.78 is 0. The van der Waals surface area contributed by atoms with Crippen LogP contribution in [0.4, 0.5) is 11.6 Å². The first-order chi connectivity index (χ1) is 11.6. The Morgan fingerprint density at radius 3 is 2.38 bits per heavy atom. The summed E-state index contributed by atoms with van der Waals surface area (Å²) >= 11 is 0. The largest absolute Gasteiger partial charge is 0.341 e. The summed E-state index contributed by atoms with van der Waals surface area (Å²) in [5, 5.41) is 0. The highest BCUT2D eigenvalue weighted by molar-refractivity contribution is 6.04. The summed E-state index contributed by atoms with van der Waals surface area (Å²) in [6, 6.07) is 11.4. The lowest BCUT2D eigenvalue weighted by Crippen LogP contribution is -2.30. The third-order valence-corrected chi connectivity index (χ3v) is 4.40. The molecule has 2 heterocycles. The molecule has 3 rings (SSSR count). The second-order valence-electron chi connectivity index (χ2n) is 6.30. The molecule has 0 bridgehead atoms. The fraction of sp³-hybridized carbons (Fsp3) is 0.421. The third kappa shape index (κ3) is 3.72. The van der Waals surface area contributed by atoms with Gasteiger partial charge >= 0.3 is 0 Å². The standard InChI is InChI=1S/C19H24N4O/c1-15-14-17(18(24)22(2)16-10-6-5-7-11-16)21-19(20-15)23-12-8-3-4-9-13-23/h5-7,10-11,14H,3-4,8-9,12-13H2,1-2H3. The zero-order chi connectivity index (χ0) is 16.9. The monoisotopic (exact) mass is 324 g/mol. The van der Waals surface area contributed by atoms with Gasteiger partial charge in [0.25, 0.3) is 5.91 Å². The lowest BCUT2D eigenvalue weighted by molar-refractivity contribution is 0.0988. The molecule has 0 radical (unpaired) electrons. The van der Waals surface area contributed by atoms with Crippen LogP contribution in [0.5, 0.6) is 0 Å². The lowest BCUT2D eigenvalue weighted by atomic mass is 10.2. The number of carbonyl (C=O) groups excluding carboxylic acids is 1. The first-order valence-electron chi connectivity index (χ1n) is 8.59. The quantitative estimate of drug-likeness (QED) is 0.868. The highest BCUT2D eigenvalue weighted by Gasteiger charge is 2.19. The number of aromatic nitrogens is 2. The van der Waals surface area contributed by atoms with Crippen LogP contribution in [0.25, 0.3) is 0 Å². The van der Waals surface area contributed by atoms with Gasteiger partial charge in [-0.25, -0.2) is 9.97 Å². The highest BCUT2D eigenvalue weighted by atomic mass is 16.2. The van der Waals surface area contributed by atoms with Gasteiger partial charge in [0.1, 0.15) is 5.69 Å². The van der Waals surface area contributed by atoms with Gasteiger partial charge in [-0.2, -0.15) is 0 Å². The Labute approximate surface area is 143 Å². The number of para-hydroxylation sites is 1. The predicted molar refractivity (Wildman–Crippen MR) is 96.6 cm³/mol. The van der Waals surface area contributed by atoms with Crippen molar-refractivity contribution >= 4 is 17.5 Å². The minimum Gasteiger partial charge on any atom is -0.341 e. The lowest BCUT2D eigenvalue weighted by Gasteiger charge is -2.22. The zero-order valence-electron chi connectivity index (χ0n) is 14.4. The summed E-state index contributed by atoms with van der Waals surface area (Å²) in [5.74, 6) is 0.574. The summed E-state index contributed by atoms with van der Waals surface area (Å²) in [6.07, 6.45) is 4.82. The van der Waals surface area contributed by atoms with E-state index < -0.39 is 0 Å². The second-order valence-corrected chi connectivity index (χ2v) is 6.30. The molecule has 0 spiro atoms. The number of amides is 1. The fourth-order valence-electron chi connectivity index (χ4n) is 3.02. The van der Waals surface area contributed by atoms with E-state index in [0.717, 1.165) is 37.3 Å². The molecule has 0 aliphatic carbocycles. The van der Waals surface area contributed by atoms with Crippen LogP contribution in [0.15, 0.2) is 36.4 Å². The molecular formula is C19H24N4O. The van der Waals surface area contributed by atoms with E-state index in [-0.39, 0.29) is 5.91 Å². The van der Waals surface area contributed by atoms with Gasteiger partial charge in [0.2, 0.25) is 5.95 Å². The average Bonchev–Trinajstić information content (AvgIpc) is 2.90. The molecule has 1 aliphatic heterocycles. The number of nitrogens with zero attached hydrogens (tertiary/aromatic N) is 4. The van der Waals surface area contributed by atoms with E-state index in [1.54, 1.807) is 18.0 Å². The van der Waals surface area contributed by atoms with Crippen LogP contribution in [-0.2, 0) is 0 Å². The number of anilines is 2. The normalized spacial score (nSPS) is 15.0. The molecule has 5 heteroatoms. The minimum atomic E-state index is -0.109. The maximum absolute atomic E-state index is 12.8. The van der Waals surface area contributed by atoms with Crippen molar-refractivity contribution in [3.05, 3.63) is 47.8 Å². The number of benzene rings is 1. The van der Waals surface area contributed by atoms with E-state index in [0.29, 0.717) is 11.6 Å². The van der Waals surface area contributed by atoms with Gasteiger partial charge < -0.3 is 9.80 Å². The summed E-state index contributed by atoms with van der Waals surface area (Å²) in [7, 11) is 1.78. The molecule has 0 unspecified atom stereocenters. The van der Waals surface area contributed by atoms with Crippen molar-refractivity contribution < 1.29 is 4.79 Å². The van der Waals surface area contributed by atoms with E-state index >= 15 is 0 Å². The first-order valence-corrected chi connectivity index (χ1v) is 8.59. The molecule has 126 valence electrons. The molecule has 0 atom stereocenters. The van der Waals surface area contributed by atoms with Crippen molar-refractivity contribution in [3.63, 3.8) is 0 Å². The summed E-state index contributed by atoms with van der Waals surface area (Å²) in [5.41, 5.74) is 2.14. The molecule has 0 N–H and O–H groups in total. The Bertz CT molecular complexity index is 694. The summed E-state index contributed by atoms with van der Waals surface area (Å²) in [4.78, 5) is 25.8. The third-order valence-electron chi connectivity index (χ3n) is 4.40. The van der Waals surface area contributed by atoms with E-state index in [1.165, 1.54) is 12.8 Å². The van der Waals surface area contributed by atoms with E-state index in [9.17, 15) is 4.79 Å². The van der Waals surface area contributed by atoms with Gasteiger partial charge in [-0.15, -0.1) is 0 Å². The topological polar surface area (TPSA) is 49.3 Å². The van der Waals surface area contributed by atoms with Crippen LogP contribution in [0.1, 0.15) is 41.9 Å². The molecule has 1 fully saturated rings. The molecule has 1 aliphatic rings. The molecule has 24 heavy (non-hydrogen) atoms. The van der Waals surface area contributed by atoms with Crippen LogP contribution < -0.4 is 9.80 Å². The first kappa shape index (κ1) is 16.4. The molecule has 1 amide bonds. The average molecular weight is 324 g/mol. The molecule has 1 aromatic heterocycles. The molecule has 2 aromatic rings. The second kappa shape index (κ2) is 7.43.